The summed E-state index contributed by atoms with van der Waals surface area (Å²) in [5, 5.41) is 9.09. The fourth-order valence-electron chi connectivity index (χ4n) is 2.07. The Hall–Kier alpha value is -2.56. The monoisotopic (exact) mass is 287 g/mol. The number of carbonyl (C=O) groups is 1. The molecule has 0 unspecified atom stereocenters. The third kappa shape index (κ3) is 2.97. The van der Waals surface area contributed by atoms with Gasteiger partial charge in [-0.3, -0.25) is 9.36 Å². The molecule has 0 bridgehead atoms. The lowest BCUT2D eigenvalue weighted by atomic mass is 10.2. The van der Waals surface area contributed by atoms with Crippen LogP contribution in [0.1, 0.15) is 29.4 Å². The second-order valence-electron chi connectivity index (χ2n) is 4.65. The molecule has 0 fully saturated rings. The van der Waals surface area contributed by atoms with Crippen molar-refractivity contribution in [3.05, 3.63) is 58.0 Å². The first kappa shape index (κ1) is 14.8. The van der Waals surface area contributed by atoms with Crippen LogP contribution in [0.25, 0.3) is 5.69 Å². The Kier molecular flexibility index (Phi) is 4.42. The molecule has 1 aromatic carbocycles. The maximum absolute atomic E-state index is 12.4. The van der Waals surface area contributed by atoms with Gasteiger partial charge in [0.25, 0.3) is 5.56 Å². The zero-order valence-electron chi connectivity index (χ0n) is 12.0. The number of ether oxygens (including phenoxy) is 1. The van der Waals surface area contributed by atoms with E-state index in [4.69, 9.17) is 9.84 Å². The van der Waals surface area contributed by atoms with Gasteiger partial charge in [0.2, 0.25) is 0 Å². The Balaban J connectivity index is 2.64. The van der Waals surface area contributed by atoms with Crippen LogP contribution >= 0.6 is 0 Å². The highest BCUT2D eigenvalue weighted by Gasteiger charge is 2.15. The number of pyridine rings is 1. The van der Waals surface area contributed by atoms with Gasteiger partial charge in [-0.05, 0) is 37.6 Å². The molecule has 5 heteroatoms. The molecular formula is C16H17NO4. The largest absolute Gasteiger partial charge is 0.491 e. The number of hydrogen-bond donors (Lipinski definition) is 1. The number of aromatic carboxylic acids is 1. The summed E-state index contributed by atoms with van der Waals surface area (Å²) in [7, 11) is 0. The molecule has 1 N–H and O–H groups in total. The van der Waals surface area contributed by atoms with Crippen molar-refractivity contribution in [2.75, 3.05) is 6.61 Å². The molecule has 5 nitrogen and oxygen atoms in total. The zero-order valence-corrected chi connectivity index (χ0v) is 12.0. The third-order valence-electron chi connectivity index (χ3n) is 3.08. The van der Waals surface area contributed by atoms with Crippen LogP contribution in [0.4, 0.5) is 0 Å². The Morgan fingerprint density at radius 1 is 1.24 bits per heavy atom. The Bertz CT molecular complexity index is 718. The highest BCUT2D eigenvalue weighted by atomic mass is 16.5. The van der Waals surface area contributed by atoms with Crippen LogP contribution < -0.4 is 10.3 Å². The van der Waals surface area contributed by atoms with Gasteiger partial charge in [-0.25, -0.2) is 4.79 Å². The summed E-state index contributed by atoms with van der Waals surface area (Å²) in [5.41, 5.74) is 0.384. The molecule has 0 radical (unpaired) electrons. The second kappa shape index (κ2) is 6.26. The fourth-order valence-corrected chi connectivity index (χ4v) is 2.07. The summed E-state index contributed by atoms with van der Waals surface area (Å²) in [5.74, 6) is -0.673. The van der Waals surface area contributed by atoms with Gasteiger partial charge in [-0.1, -0.05) is 19.1 Å². The smallest absolute Gasteiger partial charge is 0.341 e. The molecule has 0 atom stereocenters. The van der Waals surface area contributed by atoms with E-state index < -0.39 is 11.5 Å². The maximum Gasteiger partial charge on any atom is 0.341 e. The van der Waals surface area contributed by atoms with E-state index >= 15 is 0 Å². The topological polar surface area (TPSA) is 68.5 Å². The van der Waals surface area contributed by atoms with E-state index in [1.807, 2.05) is 13.0 Å². The summed E-state index contributed by atoms with van der Waals surface area (Å²) in [4.78, 5) is 23.5. The van der Waals surface area contributed by atoms with Gasteiger partial charge in [-0.2, -0.15) is 0 Å². The number of aryl methyl sites for hydroxylation is 1. The highest BCUT2D eigenvalue weighted by molar-refractivity contribution is 5.87. The van der Waals surface area contributed by atoms with Crippen molar-refractivity contribution >= 4 is 5.97 Å². The maximum atomic E-state index is 12.4. The third-order valence-corrected chi connectivity index (χ3v) is 3.08. The van der Waals surface area contributed by atoms with Gasteiger partial charge < -0.3 is 9.84 Å². The summed E-state index contributed by atoms with van der Waals surface area (Å²) in [6.07, 6.45) is 0.845. The molecule has 1 aromatic heterocycles. The molecule has 0 saturated heterocycles. The van der Waals surface area contributed by atoms with E-state index in [1.165, 1.54) is 10.6 Å². The second-order valence-corrected chi connectivity index (χ2v) is 4.65. The number of carboxylic acids is 1. The Morgan fingerprint density at radius 2 is 1.95 bits per heavy atom. The van der Waals surface area contributed by atoms with Crippen LogP contribution in [0, 0.1) is 6.92 Å². The van der Waals surface area contributed by atoms with Gasteiger partial charge in [0.05, 0.1) is 12.3 Å². The van der Waals surface area contributed by atoms with Crippen molar-refractivity contribution in [2.45, 2.75) is 20.3 Å². The van der Waals surface area contributed by atoms with Crippen molar-refractivity contribution in [1.82, 2.24) is 4.57 Å². The molecule has 0 aliphatic rings. The van der Waals surface area contributed by atoms with Crippen molar-refractivity contribution in [3.63, 3.8) is 0 Å². The number of carboxylic acid groups (broad SMARTS) is 1. The van der Waals surface area contributed by atoms with Crippen LogP contribution in [-0.4, -0.2) is 22.2 Å². The van der Waals surface area contributed by atoms with Gasteiger partial charge in [0.15, 0.2) is 0 Å². The quantitative estimate of drug-likeness (QED) is 0.918. The van der Waals surface area contributed by atoms with Gasteiger partial charge in [0, 0.05) is 5.69 Å². The van der Waals surface area contributed by atoms with Crippen LogP contribution in [0.3, 0.4) is 0 Å². The summed E-state index contributed by atoms with van der Waals surface area (Å²) >= 11 is 0. The van der Waals surface area contributed by atoms with E-state index in [2.05, 4.69) is 0 Å². The minimum atomic E-state index is -1.24. The molecule has 0 aliphatic heterocycles. The predicted molar refractivity (Wildman–Crippen MR) is 79.5 cm³/mol. The number of benzene rings is 1. The molecule has 1 heterocycles. The molecule has 0 saturated carbocycles. The summed E-state index contributed by atoms with van der Waals surface area (Å²) in [6.45, 7) is 4.28. The minimum absolute atomic E-state index is 0.258. The number of aromatic nitrogens is 1. The molecule has 0 amide bonds. The van der Waals surface area contributed by atoms with Gasteiger partial charge in [-0.15, -0.1) is 0 Å². The molecular weight excluding hydrogens is 270 g/mol. The molecule has 2 aromatic rings. The fraction of sp³-hybridized carbons (Fsp3) is 0.250. The van der Waals surface area contributed by atoms with E-state index in [0.29, 0.717) is 23.7 Å². The standard InChI is InChI=1S/C16H17NO4/c1-3-10-21-14-7-5-4-6-13(14)17-11(2)8-9-12(15(17)18)16(19)20/h4-9H,3,10H2,1-2H3,(H,19,20). The van der Waals surface area contributed by atoms with Crippen molar-refractivity contribution in [3.8, 4) is 11.4 Å². The van der Waals surface area contributed by atoms with Crippen molar-refractivity contribution in [2.24, 2.45) is 0 Å². The highest BCUT2D eigenvalue weighted by Crippen LogP contribution is 2.22. The first-order valence-corrected chi connectivity index (χ1v) is 6.74. The van der Waals surface area contributed by atoms with E-state index in [-0.39, 0.29) is 5.56 Å². The summed E-state index contributed by atoms with van der Waals surface area (Å²) in [6, 6.07) is 10.0. The number of rotatable bonds is 5. The molecule has 0 spiro atoms. The van der Waals surface area contributed by atoms with Crippen LogP contribution in [-0.2, 0) is 0 Å². The molecule has 110 valence electrons. The first-order valence-electron chi connectivity index (χ1n) is 6.74. The lowest BCUT2D eigenvalue weighted by Gasteiger charge is -2.15. The van der Waals surface area contributed by atoms with Crippen LogP contribution in [0.5, 0.6) is 5.75 Å². The SMILES string of the molecule is CCCOc1ccccc1-n1c(C)ccc(C(=O)O)c1=O. The van der Waals surface area contributed by atoms with Crippen molar-refractivity contribution < 1.29 is 14.6 Å². The lowest BCUT2D eigenvalue weighted by molar-refractivity contribution is 0.0694. The van der Waals surface area contributed by atoms with Gasteiger partial charge in [0.1, 0.15) is 11.3 Å². The normalized spacial score (nSPS) is 10.4. The van der Waals surface area contributed by atoms with Gasteiger partial charge >= 0.3 is 5.97 Å². The average molecular weight is 287 g/mol. The molecule has 2 rings (SSSR count). The molecule has 21 heavy (non-hydrogen) atoms. The van der Waals surface area contributed by atoms with Crippen LogP contribution in [0.15, 0.2) is 41.2 Å². The number of hydrogen-bond acceptors (Lipinski definition) is 3. The average Bonchev–Trinajstić information content (AvgIpc) is 2.46. The Labute approximate surface area is 122 Å². The zero-order chi connectivity index (χ0) is 15.4. The van der Waals surface area contributed by atoms with Crippen LogP contribution in [0.2, 0.25) is 0 Å². The minimum Gasteiger partial charge on any atom is -0.491 e. The summed E-state index contributed by atoms with van der Waals surface area (Å²) < 4.78 is 7.01. The number of nitrogens with zero attached hydrogens (tertiary/aromatic N) is 1. The lowest BCUT2D eigenvalue weighted by Crippen LogP contribution is -2.26. The van der Waals surface area contributed by atoms with E-state index in [9.17, 15) is 9.59 Å². The predicted octanol–water partition coefficient (Wildman–Crippen LogP) is 2.63. The van der Waals surface area contributed by atoms with Crippen molar-refractivity contribution in [1.29, 1.82) is 0 Å². The number of para-hydroxylation sites is 2. The first-order chi connectivity index (χ1) is 10.1. The van der Waals surface area contributed by atoms with E-state index in [1.54, 1.807) is 31.2 Å². The Morgan fingerprint density at radius 3 is 2.62 bits per heavy atom. The van der Waals surface area contributed by atoms with E-state index in [0.717, 1.165) is 6.42 Å². The molecule has 0 aliphatic carbocycles.